The van der Waals surface area contributed by atoms with Crippen LogP contribution in [0.3, 0.4) is 0 Å². The van der Waals surface area contributed by atoms with E-state index in [-0.39, 0.29) is 5.82 Å². The number of nitrogens with zero attached hydrogens (tertiary/aromatic N) is 3. The molecule has 0 radical (unpaired) electrons. The number of hydrogen-bond donors (Lipinski definition) is 3. The standard InChI is InChI=1S/C21H23ClN4O5/c1-20(2)30-16-19(26-9-8-13-17(25-28)23-10-24-18(13)26)29-15(21(16,3)31-20)14(27)11-4-6-12(22)7-5-11/h4-10,14-16,19,27-28H,1-3H3,(H,23,24,25)/t14-,15-,16+,19-,21-/m1/s1. The molecule has 3 N–H and O–H groups in total. The van der Waals surface area contributed by atoms with Crippen LogP contribution in [-0.2, 0) is 14.2 Å². The van der Waals surface area contributed by atoms with Crippen molar-refractivity contribution >= 4 is 28.5 Å². The fourth-order valence-electron chi connectivity index (χ4n) is 4.65. The summed E-state index contributed by atoms with van der Waals surface area (Å²) >= 11 is 6.00. The van der Waals surface area contributed by atoms with E-state index in [0.29, 0.717) is 21.6 Å². The molecule has 5 rings (SSSR count). The van der Waals surface area contributed by atoms with Gasteiger partial charge in [0.2, 0.25) is 0 Å². The topological polar surface area (TPSA) is 111 Å². The van der Waals surface area contributed by atoms with E-state index in [4.69, 9.17) is 25.8 Å². The zero-order valence-electron chi connectivity index (χ0n) is 17.2. The minimum Gasteiger partial charge on any atom is -0.386 e. The second-order valence-electron chi connectivity index (χ2n) is 8.46. The zero-order chi connectivity index (χ0) is 22.0. The lowest BCUT2D eigenvalue weighted by Gasteiger charge is -2.32. The number of nitrogens with one attached hydrogen (secondary N) is 1. The Balaban J connectivity index is 1.58. The Morgan fingerprint density at radius 1 is 1.16 bits per heavy atom. The van der Waals surface area contributed by atoms with Crippen molar-refractivity contribution in [1.29, 1.82) is 0 Å². The summed E-state index contributed by atoms with van der Waals surface area (Å²) in [7, 11) is 0. The maximum absolute atomic E-state index is 11.2. The zero-order valence-corrected chi connectivity index (χ0v) is 17.9. The maximum atomic E-state index is 11.2. The van der Waals surface area contributed by atoms with Crippen molar-refractivity contribution in [3.05, 3.63) is 53.4 Å². The summed E-state index contributed by atoms with van der Waals surface area (Å²) in [6, 6.07) is 8.75. The highest BCUT2D eigenvalue weighted by Crippen LogP contribution is 2.53. The van der Waals surface area contributed by atoms with Crippen LogP contribution in [0.4, 0.5) is 5.82 Å². The lowest BCUT2D eigenvalue weighted by Crippen LogP contribution is -2.46. The third kappa shape index (κ3) is 3.20. The largest absolute Gasteiger partial charge is 0.386 e. The van der Waals surface area contributed by atoms with Gasteiger partial charge in [-0.1, -0.05) is 23.7 Å². The Labute approximate surface area is 183 Å². The van der Waals surface area contributed by atoms with Crippen molar-refractivity contribution < 1.29 is 24.5 Å². The van der Waals surface area contributed by atoms with Gasteiger partial charge in [-0.05, 0) is 44.5 Å². The molecular formula is C21H23ClN4O5. The Bertz CT molecular complexity index is 1120. The Morgan fingerprint density at radius 3 is 2.61 bits per heavy atom. The summed E-state index contributed by atoms with van der Waals surface area (Å²) in [6.45, 7) is 5.56. The van der Waals surface area contributed by atoms with Crippen LogP contribution in [-0.4, -0.2) is 48.4 Å². The second-order valence-corrected chi connectivity index (χ2v) is 8.90. The molecule has 2 aromatic heterocycles. The van der Waals surface area contributed by atoms with Crippen LogP contribution in [0.15, 0.2) is 42.9 Å². The van der Waals surface area contributed by atoms with Crippen LogP contribution in [0, 0.1) is 0 Å². The molecule has 2 fully saturated rings. The highest BCUT2D eigenvalue weighted by Gasteiger charge is 2.65. The van der Waals surface area contributed by atoms with E-state index in [2.05, 4.69) is 15.4 Å². The van der Waals surface area contributed by atoms with Gasteiger partial charge in [0.05, 0.1) is 5.39 Å². The normalized spacial score (nSPS) is 30.5. The highest BCUT2D eigenvalue weighted by molar-refractivity contribution is 6.30. The van der Waals surface area contributed by atoms with E-state index in [1.165, 1.54) is 6.33 Å². The molecule has 5 atom stereocenters. The molecule has 9 nitrogen and oxygen atoms in total. The molecule has 0 aliphatic carbocycles. The van der Waals surface area contributed by atoms with Crippen LogP contribution >= 0.6 is 11.6 Å². The number of fused-ring (bicyclic) bond motifs is 2. The SMILES string of the molecule is CC1(C)O[C@H]2[C@H](n3ccc4c(NO)ncnc43)O[C@H]([C@H](O)c3ccc(Cl)cc3)[C@@]2(C)O1. The third-order valence-electron chi connectivity index (χ3n) is 5.94. The van der Waals surface area contributed by atoms with Crippen LogP contribution in [0.1, 0.15) is 38.7 Å². The lowest BCUT2D eigenvalue weighted by molar-refractivity contribution is -0.223. The molecule has 2 aliphatic heterocycles. The minimum atomic E-state index is -0.974. The number of ether oxygens (including phenoxy) is 3. The quantitative estimate of drug-likeness (QED) is 0.523. The summed E-state index contributed by atoms with van der Waals surface area (Å²) in [5, 5.41) is 21.8. The molecule has 2 aliphatic rings. The average molecular weight is 447 g/mol. The molecule has 0 spiro atoms. The van der Waals surface area contributed by atoms with Gasteiger partial charge in [-0.3, -0.25) is 10.7 Å². The molecule has 0 unspecified atom stereocenters. The molecule has 0 bridgehead atoms. The summed E-state index contributed by atoms with van der Waals surface area (Å²) in [6.07, 6.45) is 0.292. The van der Waals surface area contributed by atoms with Gasteiger partial charge in [0.15, 0.2) is 17.8 Å². The van der Waals surface area contributed by atoms with E-state index in [1.807, 2.05) is 20.8 Å². The summed E-state index contributed by atoms with van der Waals surface area (Å²) in [4.78, 5) is 8.38. The molecule has 4 heterocycles. The fourth-order valence-corrected chi connectivity index (χ4v) is 4.78. The number of benzene rings is 1. The summed E-state index contributed by atoms with van der Waals surface area (Å²) in [5.74, 6) is -0.582. The van der Waals surface area contributed by atoms with Crippen molar-refractivity contribution in [3.63, 3.8) is 0 Å². The van der Waals surface area contributed by atoms with Gasteiger partial charge in [-0.2, -0.15) is 0 Å². The van der Waals surface area contributed by atoms with Crippen molar-refractivity contribution in [1.82, 2.24) is 14.5 Å². The van der Waals surface area contributed by atoms with E-state index >= 15 is 0 Å². The number of halogens is 1. The van der Waals surface area contributed by atoms with Gasteiger partial charge in [-0.25, -0.2) is 9.97 Å². The minimum absolute atomic E-state index is 0.283. The average Bonchev–Trinajstić information content (AvgIpc) is 3.34. The molecule has 164 valence electrons. The van der Waals surface area contributed by atoms with E-state index < -0.39 is 35.9 Å². The molecule has 0 saturated carbocycles. The van der Waals surface area contributed by atoms with Gasteiger partial charge in [-0.15, -0.1) is 0 Å². The molecule has 31 heavy (non-hydrogen) atoms. The second kappa shape index (κ2) is 7.13. The number of anilines is 1. The molecular weight excluding hydrogens is 424 g/mol. The van der Waals surface area contributed by atoms with E-state index in [1.54, 1.807) is 41.1 Å². The number of hydrogen-bond acceptors (Lipinski definition) is 8. The Morgan fingerprint density at radius 2 is 1.90 bits per heavy atom. The highest BCUT2D eigenvalue weighted by atomic mass is 35.5. The van der Waals surface area contributed by atoms with Crippen molar-refractivity contribution in [2.45, 2.75) is 56.7 Å². The van der Waals surface area contributed by atoms with Crippen molar-refractivity contribution in [2.24, 2.45) is 0 Å². The first-order valence-corrected chi connectivity index (χ1v) is 10.3. The van der Waals surface area contributed by atoms with Gasteiger partial charge >= 0.3 is 0 Å². The number of aliphatic hydroxyl groups excluding tert-OH is 1. The van der Waals surface area contributed by atoms with Crippen molar-refractivity contribution in [3.8, 4) is 0 Å². The first kappa shape index (κ1) is 20.6. The molecule has 0 amide bonds. The Hall–Kier alpha value is -2.27. The summed E-state index contributed by atoms with van der Waals surface area (Å²) < 4.78 is 20.7. The van der Waals surface area contributed by atoms with Crippen LogP contribution in [0.5, 0.6) is 0 Å². The lowest BCUT2D eigenvalue weighted by atomic mass is 9.88. The first-order chi connectivity index (χ1) is 14.7. The Kier molecular flexibility index (Phi) is 4.74. The number of rotatable bonds is 4. The van der Waals surface area contributed by atoms with Gasteiger partial charge < -0.3 is 23.9 Å². The van der Waals surface area contributed by atoms with E-state index in [0.717, 1.165) is 0 Å². The van der Waals surface area contributed by atoms with Gasteiger partial charge in [0.25, 0.3) is 0 Å². The third-order valence-corrected chi connectivity index (χ3v) is 6.19. The van der Waals surface area contributed by atoms with E-state index in [9.17, 15) is 10.3 Å². The molecule has 1 aromatic carbocycles. The van der Waals surface area contributed by atoms with Gasteiger partial charge in [0.1, 0.15) is 35.9 Å². The van der Waals surface area contributed by atoms with Crippen LogP contribution in [0.2, 0.25) is 5.02 Å². The van der Waals surface area contributed by atoms with Crippen LogP contribution < -0.4 is 5.48 Å². The summed E-state index contributed by atoms with van der Waals surface area (Å²) in [5.41, 5.74) is 2.36. The van der Waals surface area contributed by atoms with Gasteiger partial charge in [0, 0.05) is 11.2 Å². The molecule has 3 aromatic rings. The molecule has 2 saturated heterocycles. The monoisotopic (exact) mass is 446 g/mol. The maximum Gasteiger partial charge on any atom is 0.165 e. The predicted molar refractivity (Wildman–Crippen MR) is 112 cm³/mol. The number of aromatic nitrogens is 3. The molecule has 10 heteroatoms. The predicted octanol–water partition coefficient (Wildman–Crippen LogP) is 3.43. The van der Waals surface area contributed by atoms with Crippen LogP contribution in [0.25, 0.3) is 11.0 Å². The fraction of sp³-hybridized carbons (Fsp3) is 0.429. The number of aliphatic hydroxyl groups is 1. The first-order valence-electron chi connectivity index (χ1n) is 9.92. The van der Waals surface area contributed by atoms with Crippen molar-refractivity contribution in [2.75, 3.05) is 5.48 Å². The smallest absolute Gasteiger partial charge is 0.165 e.